The number of carbonyl (C=O) groups excluding carboxylic acids is 1. The molecule has 1 heterocycles. The molecule has 2 bridgehead atoms. The van der Waals surface area contributed by atoms with Gasteiger partial charge in [0.2, 0.25) is 0 Å². The number of hydrogen-bond acceptors (Lipinski definition) is 5. The molecular weight excluding hydrogens is 428 g/mol. The summed E-state index contributed by atoms with van der Waals surface area (Å²) in [6, 6.07) is 11.2. The molecule has 1 aliphatic heterocycles. The molecule has 0 saturated heterocycles. The fourth-order valence-electron chi connectivity index (χ4n) is 5.40. The Morgan fingerprint density at radius 3 is 2.44 bits per heavy atom. The SMILES string of the molecule is CC(NC(=O)c1ccc(NS(=O)(=O)c2ccc3c(c2)OCCO3)cc1)C1CC2CCC1C2. The minimum atomic E-state index is -3.80. The van der Waals surface area contributed by atoms with Crippen molar-refractivity contribution in [2.24, 2.45) is 17.8 Å². The first-order valence-corrected chi connectivity index (χ1v) is 12.7. The van der Waals surface area contributed by atoms with E-state index in [0.717, 1.165) is 11.8 Å². The fourth-order valence-corrected chi connectivity index (χ4v) is 6.47. The van der Waals surface area contributed by atoms with E-state index in [2.05, 4.69) is 17.0 Å². The molecule has 3 aliphatic rings. The Bertz CT molecular complexity index is 1120. The van der Waals surface area contributed by atoms with E-state index in [9.17, 15) is 13.2 Å². The highest BCUT2D eigenvalue weighted by molar-refractivity contribution is 7.92. The second-order valence-corrected chi connectivity index (χ2v) is 10.8. The number of sulfonamides is 1. The van der Waals surface area contributed by atoms with Crippen LogP contribution in [0.5, 0.6) is 11.5 Å². The average molecular weight is 457 g/mol. The van der Waals surface area contributed by atoms with Crippen LogP contribution in [-0.2, 0) is 10.0 Å². The first kappa shape index (κ1) is 21.1. The monoisotopic (exact) mass is 456 g/mol. The number of hydrogen-bond donors (Lipinski definition) is 2. The molecule has 2 aromatic rings. The van der Waals surface area contributed by atoms with E-state index < -0.39 is 10.0 Å². The van der Waals surface area contributed by atoms with Gasteiger partial charge in [-0.3, -0.25) is 9.52 Å². The van der Waals surface area contributed by atoms with Crippen LogP contribution in [0.3, 0.4) is 0 Å². The van der Waals surface area contributed by atoms with Crippen molar-refractivity contribution in [3.05, 3.63) is 48.0 Å². The minimum Gasteiger partial charge on any atom is -0.486 e. The molecule has 2 aliphatic carbocycles. The van der Waals surface area contributed by atoms with Crippen LogP contribution in [0, 0.1) is 17.8 Å². The lowest BCUT2D eigenvalue weighted by Crippen LogP contribution is -2.40. The van der Waals surface area contributed by atoms with Gasteiger partial charge in [-0.15, -0.1) is 0 Å². The normalized spacial score (nSPS) is 24.7. The molecule has 5 rings (SSSR count). The van der Waals surface area contributed by atoms with Gasteiger partial charge in [-0.2, -0.15) is 0 Å². The molecule has 2 aromatic carbocycles. The summed E-state index contributed by atoms with van der Waals surface area (Å²) >= 11 is 0. The summed E-state index contributed by atoms with van der Waals surface area (Å²) in [6.45, 7) is 2.92. The highest BCUT2D eigenvalue weighted by Gasteiger charge is 2.42. The van der Waals surface area contributed by atoms with Gasteiger partial charge in [0.1, 0.15) is 13.2 Å². The lowest BCUT2D eigenvalue weighted by Gasteiger charge is -2.28. The predicted molar refractivity (Wildman–Crippen MR) is 121 cm³/mol. The topological polar surface area (TPSA) is 93.7 Å². The number of ether oxygens (including phenoxy) is 2. The molecule has 0 radical (unpaired) electrons. The van der Waals surface area contributed by atoms with Crippen LogP contribution in [0.4, 0.5) is 5.69 Å². The van der Waals surface area contributed by atoms with Crippen molar-refractivity contribution in [1.82, 2.24) is 5.32 Å². The molecule has 2 fully saturated rings. The molecule has 2 N–H and O–H groups in total. The van der Waals surface area contributed by atoms with Crippen molar-refractivity contribution in [2.45, 2.75) is 43.5 Å². The van der Waals surface area contributed by atoms with Crippen LogP contribution in [0.15, 0.2) is 47.4 Å². The number of fused-ring (bicyclic) bond motifs is 3. The molecule has 8 heteroatoms. The van der Waals surface area contributed by atoms with Gasteiger partial charge in [0.15, 0.2) is 11.5 Å². The fraction of sp³-hybridized carbons (Fsp3) is 0.458. The molecule has 4 atom stereocenters. The van der Waals surface area contributed by atoms with Gasteiger partial charge in [0, 0.05) is 23.4 Å². The van der Waals surface area contributed by atoms with Crippen LogP contribution in [-0.4, -0.2) is 33.6 Å². The van der Waals surface area contributed by atoms with Gasteiger partial charge >= 0.3 is 0 Å². The number of benzene rings is 2. The van der Waals surface area contributed by atoms with Crippen molar-refractivity contribution in [3.8, 4) is 11.5 Å². The van der Waals surface area contributed by atoms with E-state index in [-0.39, 0.29) is 16.8 Å². The van der Waals surface area contributed by atoms with Gasteiger partial charge in [-0.25, -0.2) is 8.42 Å². The molecule has 1 amide bonds. The quantitative estimate of drug-likeness (QED) is 0.689. The van der Waals surface area contributed by atoms with Gasteiger partial charge in [0.05, 0.1) is 4.90 Å². The highest BCUT2D eigenvalue weighted by atomic mass is 32.2. The number of nitrogens with one attached hydrogen (secondary N) is 2. The Balaban J connectivity index is 1.23. The zero-order valence-electron chi connectivity index (χ0n) is 18.0. The Morgan fingerprint density at radius 2 is 1.75 bits per heavy atom. The molecule has 0 spiro atoms. The van der Waals surface area contributed by atoms with Gasteiger partial charge in [-0.05, 0) is 80.3 Å². The largest absolute Gasteiger partial charge is 0.486 e. The van der Waals surface area contributed by atoms with Crippen LogP contribution < -0.4 is 19.5 Å². The first-order chi connectivity index (χ1) is 15.4. The van der Waals surface area contributed by atoms with E-state index in [1.54, 1.807) is 30.3 Å². The lowest BCUT2D eigenvalue weighted by molar-refractivity contribution is 0.0915. The predicted octanol–water partition coefficient (Wildman–Crippen LogP) is 3.81. The zero-order valence-corrected chi connectivity index (χ0v) is 18.9. The third kappa shape index (κ3) is 4.16. The van der Waals surface area contributed by atoms with E-state index in [0.29, 0.717) is 41.9 Å². The zero-order chi connectivity index (χ0) is 22.3. The third-order valence-corrected chi connectivity index (χ3v) is 8.40. The molecular formula is C24H28N2O5S. The van der Waals surface area contributed by atoms with Gasteiger partial charge in [0.25, 0.3) is 15.9 Å². The number of amides is 1. The van der Waals surface area contributed by atoms with Crippen LogP contribution >= 0.6 is 0 Å². The summed E-state index contributed by atoms with van der Waals surface area (Å²) in [5.41, 5.74) is 0.903. The highest BCUT2D eigenvalue weighted by Crippen LogP contribution is 2.49. The van der Waals surface area contributed by atoms with Gasteiger partial charge in [-0.1, -0.05) is 6.42 Å². The maximum atomic E-state index is 12.8. The van der Waals surface area contributed by atoms with E-state index in [1.165, 1.54) is 37.8 Å². The van der Waals surface area contributed by atoms with Crippen molar-refractivity contribution in [3.63, 3.8) is 0 Å². The summed E-state index contributed by atoms with van der Waals surface area (Å²) in [4.78, 5) is 12.8. The summed E-state index contributed by atoms with van der Waals surface area (Å²) in [7, 11) is -3.80. The molecule has 7 nitrogen and oxygen atoms in total. The minimum absolute atomic E-state index is 0.0863. The van der Waals surface area contributed by atoms with Crippen molar-refractivity contribution in [2.75, 3.05) is 17.9 Å². The Hall–Kier alpha value is -2.74. The molecule has 32 heavy (non-hydrogen) atoms. The van der Waals surface area contributed by atoms with E-state index >= 15 is 0 Å². The Morgan fingerprint density at radius 1 is 1.00 bits per heavy atom. The van der Waals surface area contributed by atoms with E-state index in [1.807, 2.05) is 0 Å². The second kappa shape index (κ2) is 8.31. The van der Waals surface area contributed by atoms with Crippen molar-refractivity contribution in [1.29, 1.82) is 0 Å². The van der Waals surface area contributed by atoms with E-state index in [4.69, 9.17) is 9.47 Å². The summed E-state index contributed by atoms with van der Waals surface area (Å²) in [5.74, 6) is 2.97. The maximum absolute atomic E-state index is 12.8. The summed E-state index contributed by atoms with van der Waals surface area (Å²) < 4.78 is 39.0. The van der Waals surface area contributed by atoms with Crippen molar-refractivity contribution < 1.29 is 22.7 Å². The van der Waals surface area contributed by atoms with Crippen LogP contribution in [0.25, 0.3) is 0 Å². The maximum Gasteiger partial charge on any atom is 0.262 e. The standard InChI is InChI=1S/C24H28N2O5S/c1-15(21-13-16-2-3-18(21)12-16)25-24(27)17-4-6-19(7-5-17)26-32(28,29)20-8-9-22-23(14-20)31-11-10-30-22/h4-9,14-16,18,21,26H,2-3,10-13H2,1H3,(H,25,27). The Labute approximate surface area is 188 Å². The van der Waals surface area contributed by atoms with Crippen molar-refractivity contribution >= 4 is 21.6 Å². The summed E-state index contributed by atoms with van der Waals surface area (Å²) in [6.07, 6.45) is 5.15. The second-order valence-electron chi connectivity index (χ2n) is 9.09. The molecule has 170 valence electrons. The van der Waals surface area contributed by atoms with Crippen LogP contribution in [0.1, 0.15) is 43.0 Å². The third-order valence-electron chi connectivity index (χ3n) is 7.02. The number of carbonyl (C=O) groups is 1. The smallest absolute Gasteiger partial charge is 0.262 e. The lowest BCUT2D eigenvalue weighted by atomic mass is 9.84. The Kier molecular flexibility index (Phi) is 5.49. The molecule has 4 unspecified atom stereocenters. The first-order valence-electron chi connectivity index (χ1n) is 11.2. The molecule has 2 saturated carbocycles. The number of anilines is 1. The molecule has 0 aromatic heterocycles. The summed E-state index contributed by atoms with van der Waals surface area (Å²) in [5, 5.41) is 3.14. The number of rotatable bonds is 6. The van der Waals surface area contributed by atoms with Crippen LogP contribution in [0.2, 0.25) is 0 Å². The average Bonchev–Trinajstić information content (AvgIpc) is 3.43. The van der Waals surface area contributed by atoms with Gasteiger partial charge < -0.3 is 14.8 Å².